The van der Waals surface area contributed by atoms with Gasteiger partial charge in [0.1, 0.15) is 5.78 Å². The zero-order chi connectivity index (χ0) is 13.7. The molecule has 0 aliphatic heterocycles. The molecule has 0 saturated heterocycles. The quantitative estimate of drug-likeness (QED) is 0.734. The molecule has 2 rings (SSSR count). The summed E-state index contributed by atoms with van der Waals surface area (Å²) < 4.78 is 0. The third-order valence-electron chi connectivity index (χ3n) is 4.70. The van der Waals surface area contributed by atoms with Gasteiger partial charge < -0.3 is 0 Å². The molecule has 1 saturated carbocycles. The Morgan fingerprint density at radius 2 is 1.74 bits per heavy atom. The van der Waals surface area contributed by atoms with Crippen LogP contribution < -0.4 is 0 Å². The van der Waals surface area contributed by atoms with Gasteiger partial charge in [0, 0.05) is 11.8 Å². The van der Waals surface area contributed by atoms with Crippen molar-refractivity contribution in [2.45, 2.75) is 64.2 Å². The van der Waals surface area contributed by atoms with Crippen molar-refractivity contribution in [3.8, 4) is 0 Å². The highest BCUT2D eigenvalue weighted by Gasteiger charge is 2.29. The van der Waals surface area contributed by atoms with E-state index >= 15 is 0 Å². The number of ketones is 1. The molecule has 104 valence electrons. The van der Waals surface area contributed by atoms with Crippen molar-refractivity contribution in [1.82, 2.24) is 0 Å². The van der Waals surface area contributed by atoms with Crippen LogP contribution in [0.3, 0.4) is 0 Å². The summed E-state index contributed by atoms with van der Waals surface area (Å²) in [5.74, 6) is 1.19. The predicted octanol–water partition coefficient (Wildman–Crippen LogP) is 4.89. The van der Waals surface area contributed by atoms with Gasteiger partial charge in [-0.15, -0.1) is 0 Å². The van der Waals surface area contributed by atoms with E-state index < -0.39 is 0 Å². The summed E-state index contributed by atoms with van der Waals surface area (Å²) in [4.78, 5) is 12.5. The minimum absolute atomic E-state index is 0.337. The highest BCUT2D eigenvalue weighted by molar-refractivity contribution is 5.89. The molecule has 1 aromatic rings. The standard InChI is InChI=1S/C18H26O/c1-18(2,16-11-7-4-8-12-16)17(19)14-13-15-9-5-3-6-10-15/h4,7-8,11-12,15H,3,5-6,9-10,13-14H2,1-2H3. The Labute approximate surface area is 117 Å². The molecule has 1 aliphatic carbocycles. The van der Waals surface area contributed by atoms with Crippen LogP contribution in [0.2, 0.25) is 0 Å². The number of rotatable bonds is 5. The normalized spacial score (nSPS) is 17.4. The Morgan fingerprint density at radius 1 is 1.11 bits per heavy atom. The van der Waals surface area contributed by atoms with Gasteiger partial charge in [0.25, 0.3) is 0 Å². The fourth-order valence-corrected chi connectivity index (χ4v) is 3.14. The first-order valence-electron chi connectivity index (χ1n) is 7.69. The maximum Gasteiger partial charge on any atom is 0.142 e. The SMILES string of the molecule is CC(C)(C(=O)CCC1CCCCC1)c1ccccc1. The van der Waals surface area contributed by atoms with Crippen LogP contribution in [0.1, 0.15) is 64.4 Å². The highest BCUT2D eigenvalue weighted by atomic mass is 16.1. The van der Waals surface area contributed by atoms with Gasteiger partial charge >= 0.3 is 0 Å². The number of carbonyl (C=O) groups excluding carboxylic acids is 1. The molecule has 0 amide bonds. The van der Waals surface area contributed by atoms with Crippen LogP contribution in [0.5, 0.6) is 0 Å². The van der Waals surface area contributed by atoms with Crippen molar-refractivity contribution in [2.75, 3.05) is 0 Å². The average molecular weight is 258 g/mol. The molecule has 0 atom stereocenters. The third kappa shape index (κ3) is 3.68. The second-order valence-electron chi connectivity index (χ2n) is 6.46. The smallest absolute Gasteiger partial charge is 0.142 e. The molecule has 1 nitrogen and oxygen atoms in total. The Kier molecular flexibility index (Phi) is 4.79. The third-order valence-corrected chi connectivity index (χ3v) is 4.70. The van der Waals surface area contributed by atoms with Crippen molar-refractivity contribution < 1.29 is 4.79 Å². The average Bonchev–Trinajstić information content (AvgIpc) is 2.46. The van der Waals surface area contributed by atoms with Gasteiger partial charge in [0.05, 0.1) is 0 Å². The molecule has 0 heterocycles. The van der Waals surface area contributed by atoms with Crippen LogP contribution in [0.15, 0.2) is 30.3 Å². The van der Waals surface area contributed by atoms with Crippen molar-refractivity contribution in [3.05, 3.63) is 35.9 Å². The number of hydrogen-bond acceptors (Lipinski definition) is 1. The molecule has 0 spiro atoms. The zero-order valence-electron chi connectivity index (χ0n) is 12.3. The van der Waals surface area contributed by atoms with E-state index in [1.807, 2.05) is 18.2 Å². The number of hydrogen-bond donors (Lipinski definition) is 0. The van der Waals surface area contributed by atoms with E-state index in [2.05, 4.69) is 26.0 Å². The second-order valence-corrected chi connectivity index (χ2v) is 6.46. The van der Waals surface area contributed by atoms with E-state index in [-0.39, 0.29) is 5.41 Å². The molecule has 0 aromatic heterocycles. The minimum Gasteiger partial charge on any atom is -0.299 e. The fraction of sp³-hybridized carbons (Fsp3) is 0.611. The largest absolute Gasteiger partial charge is 0.299 e. The van der Waals surface area contributed by atoms with Gasteiger partial charge in [0.2, 0.25) is 0 Å². The number of benzene rings is 1. The molecule has 1 aliphatic rings. The van der Waals surface area contributed by atoms with E-state index in [4.69, 9.17) is 0 Å². The molecule has 1 aromatic carbocycles. The van der Waals surface area contributed by atoms with Crippen molar-refractivity contribution in [3.63, 3.8) is 0 Å². The summed E-state index contributed by atoms with van der Waals surface area (Å²) in [6.07, 6.45) is 8.61. The molecule has 1 fully saturated rings. The lowest BCUT2D eigenvalue weighted by Gasteiger charge is -2.26. The van der Waals surface area contributed by atoms with Crippen LogP contribution in [-0.4, -0.2) is 5.78 Å². The summed E-state index contributed by atoms with van der Waals surface area (Å²) in [5, 5.41) is 0. The topological polar surface area (TPSA) is 17.1 Å². The van der Waals surface area contributed by atoms with E-state index in [1.54, 1.807) is 0 Å². The Balaban J connectivity index is 1.91. The fourth-order valence-electron chi connectivity index (χ4n) is 3.14. The Hall–Kier alpha value is -1.11. The molecule has 1 heteroatoms. The molecular formula is C18H26O. The van der Waals surface area contributed by atoms with Crippen LogP contribution >= 0.6 is 0 Å². The van der Waals surface area contributed by atoms with Crippen molar-refractivity contribution in [2.24, 2.45) is 5.92 Å². The van der Waals surface area contributed by atoms with Crippen molar-refractivity contribution in [1.29, 1.82) is 0 Å². The second kappa shape index (κ2) is 6.36. The van der Waals surface area contributed by atoms with Gasteiger partial charge in [-0.3, -0.25) is 4.79 Å². The monoisotopic (exact) mass is 258 g/mol. The molecule has 19 heavy (non-hydrogen) atoms. The van der Waals surface area contributed by atoms with Gasteiger partial charge in [0.15, 0.2) is 0 Å². The van der Waals surface area contributed by atoms with Gasteiger partial charge in [-0.2, -0.15) is 0 Å². The van der Waals surface area contributed by atoms with E-state index in [9.17, 15) is 4.79 Å². The summed E-state index contributed by atoms with van der Waals surface area (Å²) in [7, 11) is 0. The lowest BCUT2D eigenvalue weighted by Crippen LogP contribution is -2.29. The summed E-state index contributed by atoms with van der Waals surface area (Å²) in [5.41, 5.74) is 0.805. The Morgan fingerprint density at radius 3 is 2.37 bits per heavy atom. The first-order chi connectivity index (χ1) is 9.10. The Bertz CT molecular complexity index is 399. The first-order valence-corrected chi connectivity index (χ1v) is 7.69. The molecular weight excluding hydrogens is 232 g/mol. The minimum atomic E-state index is -0.337. The zero-order valence-corrected chi connectivity index (χ0v) is 12.3. The number of Topliss-reactive ketones (excluding diaryl/α,β-unsaturated/α-hetero) is 1. The molecule has 0 unspecified atom stereocenters. The van der Waals surface area contributed by atoms with E-state index in [0.717, 1.165) is 24.3 Å². The lowest BCUT2D eigenvalue weighted by atomic mass is 9.77. The van der Waals surface area contributed by atoms with Crippen LogP contribution in [0.25, 0.3) is 0 Å². The summed E-state index contributed by atoms with van der Waals surface area (Å²) in [6.45, 7) is 4.12. The molecule has 0 bridgehead atoms. The van der Waals surface area contributed by atoms with Crippen LogP contribution in [0.4, 0.5) is 0 Å². The van der Waals surface area contributed by atoms with Crippen LogP contribution in [-0.2, 0) is 10.2 Å². The van der Waals surface area contributed by atoms with Gasteiger partial charge in [-0.25, -0.2) is 0 Å². The maximum atomic E-state index is 12.5. The van der Waals surface area contributed by atoms with Gasteiger partial charge in [-0.05, 0) is 31.7 Å². The first kappa shape index (κ1) is 14.3. The van der Waals surface area contributed by atoms with E-state index in [0.29, 0.717) is 5.78 Å². The van der Waals surface area contributed by atoms with Gasteiger partial charge in [-0.1, -0.05) is 62.4 Å². The maximum absolute atomic E-state index is 12.5. The lowest BCUT2D eigenvalue weighted by molar-refractivity contribution is -0.123. The number of carbonyl (C=O) groups is 1. The summed E-state index contributed by atoms with van der Waals surface area (Å²) in [6, 6.07) is 10.2. The predicted molar refractivity (Wildman–Crippen MR) is 80.3 cm³/mol. The molecule has 0 radical (unpaired) electrons. The van der Waals surface area contributed by atoms with Crippen LogP contribution in [0, 0.1) is 5.92 Å². The van der Waals surface area contributed by atoms with Crippen molar-refractivity contribution >= 4 is 5.78 Å². The highest BCUT2D eigenvalue weighted by Crippen LogP contribution is 2.31. The summed E-state index contributed by atoms with van der Waals surface area (Å²) >= 11 is 0. The molecule has 0 N–H and O–H groups in total. The van der Waals surface area contributed by atoms with E-state index in [1.165, 1.54) is 32.1 Å².